The summed E-state index contributed by atoms with van der Waals surface area (Å²) in [5, 5.41) is 0. The molecule has 2 N–H and O–H groups in total. The largest absolute Gasteiger partial charge is 0.399 e. The highest BCUT2D eigenvalue weighted by Gasteiger charge is 2.11. The van der Waals surface area contributed by atoms with Crippen molar-refractivity contribution in [3.8, 4) is 0 Å². The summed E-state index contributed by atoms with van der Waals surface area (Å²) in [6.45, 7) is 4.12. The van der Waals surface area contributed by atoms with Crippen LogP contribution >= 0.6 is 0 Å². The van der Waals surface area contributed by atoms with E-state index < -0.39 is 0 Å². The normalized spacial score (nSPS) is 27.8. The Hall–Kier alpha value is -1.50. The van der Waals surface area contributed by atoms with Crippen LogP contribution < -0.4 is 5.73 Å². The molecular formula is C17H23N. The molecule has 0 radical (unpaired) electrons. The summed E-state index contributed by atoms with van der Waals surface area (Å²) >= 11 is 0. The maximum absolute atomic E-state index is 5.70. The van der Waals surface area contributed by atoms with E-state index in [-0.39, 0.29) is 0 Å². The van der Waals surface area contributed by atoms with Crippen LogP contribution in [0.3, 0.4) is 0 Å². The molecule has 18 heavy (non-hydrogen) atoms. The Morgan fingerprint density at radius 2 is 2.11 bits per heavy atom. The molecule has 0 heterocycles. The Morgan fingerprint density at radius 1 is 1.28 bits per heavy atom. The maximum atomic E-state index is 5.70. The topological polar surface area (TPSA) is 26.0 Å². The lowest BCUT2D eigenvalue weighted by Gasteiger charge is -2.18. The third kappa shape index (κ3) is 3.76. The van der Waals surface area contributed by atoms with Gasteiger partial charge in [0.15, 0.2) is 0 Å². The molecule has 0 aromatic heterocycles. The summed E-state index contributed by atoms with van der Waals surface area (Å²) in [5.74, 6) is 1.28. The number of hydrogen-bond donors (Lipinski definition) is 1. The van der Waals surface area contributed by atoms with Crippen LogP contribution in [0, 0.1) is 11.8 Å². The zero-order valence-electron chi connectivity index (χ0n) is 11.0. The van der Waals surface area contributed by atoms with E-state index >= 15 is 0 Å². The molecule has 1 unspecified atom stereocenters. The summed E-state index contributed by atoms with van der Waals surface area (Å²) < 4.78 is 0. The van der Waals surface area contributed by atoms with Crippen molar-refractivity contribution in [2.75, 3.05) is 0 Å². The predicted octanol–water partition coefficient (Wildman–Crippen LogP) is 4.26. The summed E-state index contributed by atoms with van der Waals surface area (Å²) in [6.07, 6.45) is 21.2. The second-order valence-corrected chi connectivity index (χ2v) is 5.25. The zero-order chi connectivity index (χ0) is 12.8. The standard InChI is InChI=1S/C17H23N/c1-14-6-2-4-8-16(14)9-5-3-7-15-10-12-17(18)13-11-15/h2-3,5-6,10,12-13,15-16H,1,4,7-9,11,18H2/b5-3-/t15?,16-/m1/s1. The van der Waals surface area contributed by atoms with Gasteiger partial charge in [-0.15, -0.1) is 0 Å². The second-order valence-electron chi connectivity index (χ2n) is 5.25. The van der Waals surface area contributed by atoms with Crippen LogP contribution in [-0.2, 0) is 0 Å². The molecule has 2 aliphatic carbocycles. The first kappa shape index (κ1) is 12.9. The minimum atomic E-state index is 0.628. The Balaban J connectivity index is 1.71. The maximum Gasteiger partial charge on any atom is 0.0270 e. The van der Waals surface area contributed by atoms with Gasteiger partial charge in [-0.25, -0.2) is 0 Å². The molecule has 96 valence electrons. The number of nitrogens with two attached hydrogens (primary N) is 1. The number of hydrogen-bond acceptors (Lipinski definition) is 1. The monoisotopic (exact) mass is 241 g/mol. The molecule has 0 fully saturated rings. The van der Waals surface area contributed by atoms with Crippen LogP contribution in [-0.4, -0.2) is 0 Å². The molecule has 0 saturated carbocycles. The van der Waals surface area contributed by atoms with E-state index in [9.17, 15) is 0 Å². The van der Waals surface area contributed by atoms with Gasteiger partial charge < -0.3 is 5.73 Å². The lowest BCUT2D eigenvalue weighted by atomic mass is 9.87. The van der Waals surface area contributed by atoms with Crippen molar-refractivity contribution in [2.24, 2.45) is 17.6 Å². The van der Waals surface area contributed by atoms with E-state index in [4.69, 9.17) is 5.73 Å². The van der Waals surface area contributed by atoms with Gasteiger partial charge in [0.25, 0.3) is 0 Å². The van der Waals surface area contributed by atoms with Gasteiger partial charge in [-0.2, -0.15) is 0 Å². The highest BCUT2D eigenvalue weighted by atomic mass is 14.6. The molecule has 0 aliphatic heterocycles. The summed E-state index contributed by atoms with van der Waals surface area (Å²) in [6, 6.07) is 0. The predicted molar refractivity (Wildman–Crippen MR) is 78.9 cm³/mol. The van der Waals surface area contributed by atoms with E-state index in [1.165, 1.54) is 18.4 Å². The van der Waals surface area contributed by atoms with Gasteiger partial charge in [-0.1, -0.05) is 48.6 Å². The lowest BCUT2D eigenvalue weighted by Crippen LogP contribution is -2.04. The van der Waals surface area contributed by atoms with E-state index in [1.54, 1.807) is 0 Å². The van der Waals surface area contributed by atoms with Crippen molar-refractivity contribution in [1.29, 1.82) is 0 Å². The highest BCUT2D eigenvalue weighted by Crippen LogP contribution is 2.26. The highest BCUT2D eigenvalue weighted by molar-refractivity contribution is 5.22. The minimum absolute atomic E-state index is 0.628. The first-order chi connectivity index (χ1) is 8.75. The molecule has 1 nitrogen and oxygen atoms in total. The van der Waals surface area contributed by atoms with Crippen LogP contribution in [0.4, 0.5) is 0 Å². The molecule has 0 aromatic rings. The molecule has 2 atom stereocenters. The molecule has 2 rings (SSSR count). The van der Waals surface area contributed by atoms with Gasteiger partial charge >= 0.3 is 0 Å². The molecule has 1 heteroatoms. The van der Waals surface area contributed by atoms with Gasteiger partial charge in [-0.3, -0.25) is 0 Å². The van der Waals surface area contributed by atoms with Crippen molar-refractivity contribution in [3.05, 3.63) is 60.4 Å². The van der Waals surface area contributed by atoms with Crippen LogP contribution in [0.2, 0.25) is 0 Å². The SMILES string of the molecule is C=C1C=CCC[C@@H]1C/C=C\CC1C=CC(N)=CC1. The molecule has 0 bridgehead atoms. The van der Waals surface area contributed by atoms with Crippen molar-refractivity contribution in [3.63, 3.8) is 0 Å². The first-order valence-electron chi connectivity index (χ1n) is 6.90. The van der Waals surface area contributed by atoms with Gasteiger partial charge in [0, 0.05) is 5.70 Å². The zero-order valence-corrected chi connectivity index (χ0v) is 11.0. The minimum Gasteiger partial charge on any atom is -0.399 e. The van der Waals surface area contributed by atoms with E-state index in [0.29, 0.717) is 11.8 Å². The Bertz CT molecular complexity index is 409. The fourth-order valence-corrected chi connectivity index (χ4v) is 2.51. The smallest absolute Gasteiger partial charge is 0.0270 e. The number of rotatable bonds is 4. The molecule has 0 amide bonds. The van der Waals surface area contributed by atoms with E-state index in [1.807, 2.05) is 6.08 Å². The Kier molecular flexibility index (Phi) is 4.63. The van der Waals surface area contributed by atoms with Gasteiger partial charge in [0.05, 0.1) is 0 Å². The Labute approximate surface area is 110 Å². The fourth-order valence-electron chi connectivity index (χ4n) is 2.51. The van der Waals surface area contributed by atoms with Crippen molar-refractivity contribution < 1.29 is 0 Å². The van der Waals surface area contributed by atoms with Gasteiger partial charge in [0.2, 0.25) is 0 Å². The van der Waals surface area contributed by atoms with Crippen LogP contribution in [0.25, 0.3) is 0 Å². The summed E-state index contributed by atoms with van der Waals surface area (Å²) in [5.41, 5.74) is 7.90. The molecule has 0 saturated heterocycles. The lowest BCUT2D eigenvalue weighted by molar-refractivity contribution is 0.570. The molecule has 0 aromatic carbocycles. The van der Waals surface area contributed by atoms with E-state index in [0.717, 1.165) is 25.0 Å². The fraction of sp³-hybridized carbons (Fsp3) is 0.412. The van der Waals surface area contributed by atoms with Crippen molar-refractivity contribution in [2.45, 2.75) is 32.1 Å². The number of allylic oxidation sites excluding steroid dienone is 8. The van der Waals surface area contributed by atoms with Crippen LogP contribution in [0.15, 0.2) is 60.4 Å². The third-order valence-corrected chi connectivity index (χ3v) is 3.78. The second kappa shape index (κ2) is 6.44. The van der Waals surface area contributed by atoms with Crippen molar-refractivity contribution in [1.82, 2.24) is 0 Å². The molecule has 0 spiro atoms. The molecule has 2 aliphatic rings. The van der Waals surface area contributed by atoms with E-state index in [2.05, 4.69) is 43.0 Å². The first-order valence-corrected chi connectivity index (χ1v) is 6.90. The average molecular weight is 241 g/mol. The summed E-state index contributed by atoms with van der Waals surface area (Å²) in [7, 11) is 0. The summed E-state index contributed by atoms with van der Waals surface area (Å²) in [4.78, 5) is 0. The van der Waals surface area contributed by atoms with Crippen LogP contribution in [0.5, 0.6) is 0 Å². The molecular weight excluding hydrogens is 218 g/mol. The average Bonchev–Trinajstić information content (AvgIpc) is 2.39. The quantitative estimate of drug-likeness (QED) is 0.731. The van der Waals surface area contributed by atoms with Crippen molar-refractivity contribution >= 4 is 0 Å². The van der Waals surface area contributed by atoms with Crippen LogP contribution in [0.1, 0.15) is 32.1 Å². The third-order valence-electron chi connectivity index (χ3n) is 3.78. The Morgan fingerprint density at radius 3 is 2.83 bits per heavy atom. The van der Waals surface area contributed by atoms with Gasteiger partial charge in [0.1, 0.15) is 0 Å². The van der Waals surface area contributed by atoms with Gasteiger partial charge in [-0.05, 0) is 50.0 Å².